The van der Waals surface area contributed by atoms with Gasteiger partial charge in [-0.15, -0.1) is 0 Å². The van der Waals surface area contributed by atoms with Gasteiger partial charge in [-0.1, -0.05) is 0 Å². The minimum atomic E-state index is -0.184. The number of methoxy groups -OCH3 is 1. The summed E-state index contributed by atoms with van der Waals surface area (Å²) in [5, 5.41) is 5.48. The quantitative estimate of drug-likeness (QED) is 0.253. The molecule has 0 unspecified atom stereocenters. The fourth-order valence-electron chi connectivity index (χ4n) is 1.22. The third-order valence-corrected chi connectivity index (χ3v) is 2.19. The van der Waals surface area contributed by atoms with Crippen LogP contribution in [0.1, 0.15) is 0 Å². The molecule has 5 N–H and O–H groups in total. The zero-order valence-electron chi connectivity index (χ0n) is 11.8. The third kappa shape index (κ3) is 5.20. The van der Waals surface area contributed by atoms with Crippen molar-refractivity contribution in [3.63, 3.8) is 0 Å². The van der Waals surface area contributed by atoms with E-state index in [4.69, 9.17) is 10.6 Å². The number of hydrazine groups is 1. The Kier molecular flexibility index (Phi) is 6.40. The lowest BCUT2D eigenvalue weighted by Crippen LogP contribution is -2.32. The molecule has 0 fully saturated rings. The maximum Gasteiger partial charge on any atom is 0.243 e. The summed E-state index contributed by atoms with van der Waals surface area (Å²) < 4.78 is 4.83. The Balaban J connectivity index is 2.58. The third-order valence-electron chi connectivity index (χ3n) is 2.19. The van der Waals surface area contributed by atoms with Crippen LogP contribution in [0.4, 0.5) is 17.8 Å². The van der Waals surface area contributed by atoms with Gasteiger partial charge in [-0.3, -0.25) is 10.2 Å². The SMILES string of the molecule is COCCNC(=O)CNc1nc(NN)nc(N(C)C)n1. The van der Waals surface area contributed by atoms with Crippen molar-refractivity contribution in [1.29, 1.82) is 0 Å². The number of rotatable bonds is 8. The number of nitrogens with zero attached hydrogens (tertiary/aromatic N) is 4. The van der Waals surface area contributed by atoms with Crippen molar-refractivity contribution < 1.29 is 9.53 Å². The van der Waals surface area contributed by atoms with E-state index in [-0.39, 0.29) is 24.3 Å². The van der Waals surface area contributed by atoms with Gasteiger partial charge in [0, 0.05) is 27.7 Å². The van der Waals surface area contributed by atoms with Crippen molar-refractivity contribution >= 4 is 23.8 Å². The Morgan fingerprint density at radius 3 is 2.60 bits per heavy atom. The van der Waals surface area contributed by atoms with Crippen LogP contribution in [0.5, 0.6) is 0 Å². The molecule has 10 nitrogen and oxygen atoms in total. The van der Waals surface area contributed by atoms with Crippen LogP contribution in [0.2, 0.25) is 0 Å². The van der Waals surface area contributed by atoms with E-state index in [0.717, 1.165) is 0 Å². The van der Waals surface area contributed by atoms with Crippen molar-refractivity contribution in [2.75, 3.05) is 56.5 Å². The molecule has 0 saturated carbocycles. The van der Waals surface area contributed by atoms with Crippen LogP contribution in [0.15, 0.2) is 0 Å². The highest BCUT2D eigenvalue weighted by Crippen LogP contribution is 2.09. The molecule has 1 aromatic heterocycles. The van der Waals surface area contributed by atoms with Crippen LogP contribution >= 0.6 is 0 Å². The van der Waals surface area contributed by atoms with Gasteiger partial charge in [0.05, 0.1) is 13.2 Å². The Morgan fingerprint density at radius 1 is 1.30 bits per heavy atom. The molecule has 0 aliphatic heterocycles. The minimum Gasteiger partial charge on any atom is -0.383 e. The molecule has 0 bridgehead atoms. The molecule has 112 valence electrons. The molecule has 0 aromatic carbocycles. The monoisotopic (exact) mass is 284 g/mol. The van der Waals surface area contributed by atoms with Gasteiger partial charge in [0.2, 0.25) is 23.8 Å². The predicted molar refractivity (Wildman–Crippen MR) is 75.3 cm³/mol. The number of hydrogen-bond acceptors (Lipinski definition) is 9. The number of aromatic nitrogens is 3. The smallest absolute Gasteiger partial charge is 0.243 e. The molecule has 20 heavy (non-hydrogen) atoms. The van der Waals surface area contributed by atoms with Crippen LogP contribution < -0.4 is 26.8 Å². The molecule has 0 saturated heterocycles. The summed E-state index contributed by atoms with van der Waals surface area (Å²) in [7, 11) is 5.15. The number of carbonyl (C=O) groups is 1. The molecule has 0 aliphatic rings. The van der Waals surface area contributed by atoms with Crippen molar-refractivity contribution in [1.82, 2.24) is 20.3 Å². The van der Waals surface area contributed by atoms with Gasteiger partial charge in [0.25, 0.3) is 0 Å². The van der Waals surface area contributed by atoms with E-state index in [1.165, 1.54) is 0 Å². The van der Waals surface area contributed by atoms with Gasteiger partial charge in [-0.25, -0.2) is 5.84 Å². The molecule has 1 amide bonds. The number of hydrogen-bond donors (Lipinski definition) is 4. The van der Waals surface area contributed by atoms with Crippen LogP contribution in [-0.4, -0.2) is 61.8 Å². The number of amides is 1. The van der Waals surface area contributed by atoms with Crippen LogP contribution in [0.3, 0.4) is 0 Å². The first-order chi connectivity index (χ1) is 9.56. The van der Waals surface area contributed by atoms with Gasteiger partial charge in [-0.2, -0.15) is 15.0 Å². The average Bonchev–Trinajstić information content (AvgIpc) is 2.45. The van der Waals surface area contributed by atoms with Gasteiger partial charge >= 0.3 is 0 Å². The first-order valence-electron chi connectivity index (χ1n) is 5.96. The topological polar surface area (TPSA) is 130 Å². The van der Waals surface area contributed by atoms with Crippen molar-refractivity contribution in [2.24, 2.45) is 5.84 Å². The fourth-order valence-corrected chi connectivity index (χ4v) is 1.22. The van der Waals surface area contributed by atoms with Gasteiger partial charge < -0.3 is 20.3 Å². The van der Waals surface area contributed by atoms with E-state index in [1.54, 1.807) is 26.1 Å². The van der Waals surface area contributed by atoms with Crippen LogP contribution in [0, 0.1) is 0 Å². The van der Waals surface area contributed by atoms with Crippen LogP contribution in [0.25, 0.3) is 0 Å². The molecular formula is C10H20N8O2. The summed E-state index contributed by atoms with van der Waals surface area (Å²) in [5.74, 6) is 6.00. The summed E-state index contributed by atoms with van der Waals surface area (Å²) in [6.07, 6.45) is 0. The lowest BCUT2D eigenvalue weighted by molar-refractivity contribution is -0.119. The van der Waals surface area contributed by atoms with E-state index >= 15 is 0 Å². The fraction of sp³-hybridized carbons (Fsp3) is 0.600. The highest BCUT2D eigenvalue weighted by Gasteiger charge is 2.08. The molecule has 1 heterocycles. The second-order valence-corrected chi connectivity index (χ2v) is 4.02. The van der Waals surface area contributed by atoms with Crippen LogP contribution in [-0.2, 0) is 9.53 Å². The number of nitrogens with one attached hydrogen (secondary N) is 3. The van der Waals surface area contributed by atoms with Crippen molar-refractivity contribution in [3.8, 4) is 0 Å². The number of nitrogens with two attached hydrogens (primary N) is 1. The first kappa shape index (κ1) is 15.9. The molecule has 0 aliphatic carbocycles. The number of nitrogen functional groups attached to an aromatic ring is 1. The Labute approximate surface area is 117 Å². The highest BCUT2D eigenvalue weighted by molar-refractivity contribution is 5.80. The van der Waals surface area contributed by atoms with E-state index < -0.39 is 0 Å². The predicted octanol–water partition coefficient (Wildman–Crippen LogP) is -1.60. The minimum absolute atomic E-state index is 0.0462. The zero-order chi connectivity index (χ0) is 15.0. The zero-order valence-corrected chi connectivity index (χ0v) is 11.8. The average molecular weight is 284 g/mol. The number of carbonyl (C=O) groups excluding carboxylic acids is 1. The van der Waals surface area contributed by atoms with Gasteiger partial charge in [0.15, 0.2) is 0 Å². The highest BCUT2D eigenvalue weighted by atomic mass is 16.5. The maximum atomic E-state index is 11.5. The molecule has 10 heteroatoms. The molecule has 0 radical (unpaired) electrons. The molecule has 1 aromatic rings. The van der Waals surface area contributed by atoms with Gasteiger partial charge in [-0.05, 0) is 0 Å². The second-order valence-electron chi connectivity index (χ2n) is 4.02. The van der Waals surface area contributed by atoms with E-state index in [1.807, 2.05) is 0 Å². The summed E-state index contributed by atoms with van der Waals surface area (Å²) in [6.45, 7) is 0.959. The number of ether oxygens (including phenoxy) is 1. The molecular weight excluding hydrogens is 264 g/mol. The second kappa shape index (κ2) is 8.07. The maximum absolute atomic E-state index is 11.5. The Morgan fingerprint density at radius 2 is 2.00 bits per heavy atom. The van der Waals surface area contributed by atoms with Gasteiger partial charge in [0.1, 0.15) is 0 Å². The van der Waals surface area contributed by atoms with E-state index in [0.29, 0.717) is 19.1 Å². The standard InChI is InChI=1S/C10H20N8O2/c1-18(2)10-15-8(14-9(16-10)17-11)13-6-7(19)12-4-5-20-3/h4-6,11H2,1-3H3,(H,12,19)(H2,13,14,15,16,17). The lowest BCUT2D eigenvalue weighted by Gasteiger charge is -2.13. The molecule has 0 spiro atoms. The summed E-state index contributed by atoms with van der Waals surface area (Å²) in [6, 6.07) is 0. The number of anilines is 3. The molecule has 1 rings (SSSR count). The van der Waals surface area contributed by atoms with Crippen molar-refractivity contribution in [3.05, 3.63) is 0 Å². The summed E-state index contributed by atoms with van der Waals surface area (Å²) >= 11 is 0. The summed E-state index contributed by atoms with van der Waals surface area (Å²) in [4.78, 5) is 25.4. The lowest BCUT2D eigenvalue weighted by atomic mass is 10.5. The van der Waals surface area contributed by atoms with E-state index in [9.17, 15) is 4.79 Å². The molecule has 0 atom stereocenters. The Bertz CT molecular complexity index is 439. The first-order valence-corrected chi connectivity index (χ1v) is 5.96. The largest absolute Gasteiger partial charge is 0.383 e. The van der Waals surface area contributed by atoms with E-state index in [2.05, 4.69) is 31.0 Å². The van der Waals surface area contributed by atoms with Crippen molar-refractivity contribution in [2.45, 2.75) is 0 Å². The normalized spacial score (nSPS) is 10.0. The Hall–Kier alpha value is -2.20. The summed E-state index contributed by atoms with van der Waals surface area (Å²) in [5.41, 5.74) is 2.35.